The summed E-state index contributed by atoms with van der Waals surface area (Å²) in [6, 6.07) is 5.83. The van der Waals surface area contributed by atoms with E-state index in [1.54, 1.807) is 60.5 Å². The van der Waals surface area contributed by atoms with Crippen molar-refractivity contribution in [1.29, 1.82) is 0 Å². The largest absolute Gasteiger partial charge is 0.509 e. The first-order chi connectivity index (χ1) is 41.5. The molecule has 1 aromatic carbocycles. The minimum absolute atomic E-state index is 0.0531. The van der Waals surface area contributed by atoms with Gasteiger partial charge in [-0.05, 0) is 114 Å². The quantitative estimate of drug-likeness (QED) is 0.0351. The van der Waals surface area contributed by atoms with Gasteiger partial charge >= 0.3 is 12.1 Å². The molecule has 4 N–H and O–H groups in total. The van der Waals surface area contributed by atoms with Gasteiger partial charge in [-0.25, -0.2) is 19.3 Å². The average molecular weight is 1220 g/mol. The maximum Gasteiger partial charge on any atom is 0.509 e. The molecule has 8 rings (SSSR count). The number of hydrogen-bond donors (Lipinski definition) is 4. The van der Waals surface area contributed by atoms with E-state index < -0.39 is 65.5 Å². The summed E-state index contributed by atoms with van der Waals surface area (Å²) < 4.78 is 31.7. The van der Waals surface area contributed by atoms with Crippen LogP contribution in [0.5, 0.6) is 5.75 Å². The smallest absolute Gasteiger partial charge is 0.508 e. The van der Waals surface area contributed by atoms with E-state index in [4.69, 9.17) is 28.7 Å². The molecule has 1 saturated heterocycles. The molecular weight excluding hydrogens is 1120 g/mol. The molecule has 23 nitrogen and oxygen atoms in total. The zero-order valence-corrected chi connectivity index (χ0v) is 54.4. The number of rotatable bonds is 23. The van der Waals surface area contributed by atoms with E-state index in [-0.39, 0.29) is 105 Å². The Morgan fingerprint density at radius 1 is 0.874 bits per heavy atom. The molecule has 87 heavy (non-hydrogen) atoms. The molecule has 3 aliphatic heterocycles. The number of cyclic esters (lactones) is 1. The molecule has 0 bridgehead atoms. The third-order valence-electron chi connectivity index (χ3n) is 15.4. The van der Waals surface area contributed by atoms with Crippen molar-refractivity contribution in [2.75, 3.05) is 33.0 Å². The van der Waals surface area contributed by atoms with Crippen molar-refractivity contribution in [3.8, 4) is 17.1 Å². The predicted molar refractivity (Wildman–Crippen MR) is 329 cm³/mol. The normalized spacial score (nSPS) is 17.9. The van der Waals surface area contributed by atoms with Gasteiger partial charge in [0.15, 0.2) is 0 Å². The average Bonchev–Trinajstić information content (AvgIpc) is 1.68. The second kappa shape index (κ2) is 33.2. The zero-order valence-electron chi connectivity index (χ0n) is 54.4. The number of nitrogens with one attached hydrogen (secondary N) is 3. The van der Waals surface area contributed by atoms with Gasteiger partial charge in [0.1, 0.15) is 37.9 Å². The van der Waals surface area contributed by atoms with E-state index in [1.165, 1.54) is 4.90 Å². The maximum absolute atomic E-state index is 14.1. The summed E-state index contributed by atoms with van der Waals surface area (Å²) in [7, 11) is 0. The van der Waals surface area contributed by atoms with Gasteiger partial charge in [0.05, 0.1) is 59.9 Å². The molecular formula is C64H97N9O14. The number of phenols is 1. The van der Waals surface area contributed by atoms with Gasteiger partial charge in [0.25, 0.3) is 5.56 Å². The molecule has 3 aromatic heterocycles. The first-order valence-electron chi connectivity index (χ1n) is 31.3. The molecule has 4 aliphatic rings. The van der Waals surface area contributed by atoms with Crippen molar-refractivity contribution in [1.82, 2.24) is 45.4 Å². The Balaban J connectivity index is 0.00000194. The number of esters is 1. The number of aromatic nitrogens is 5. The van der Waals surface area contributed by atoms with Gasteiger partial charge in [-0.1, -0.05) is 88.3 Å². The van der Waals surface area contributed by atoms with Crippen LogP contribution in [-0.4, -0.2) is 126 Å². The molecule has 5 amide bonds. The number of aromatic hydroxyl groups is 1. The van der Waals surface area contributed by atoms with Crippen LogP contribution in [0.4, 0.5) is 4.79 Å². The van der Waals surface area contributed by atoms with Crippen LogP contribution in [0.2, 0.25) is 0 Å². The number of pyridine rings is 2. The number of carbonyl (C=O) groups excluding carboxylic acids is 7. The summed E-state index contributed by atoms with van der Waals surface area (Å²) in [5.74, 6) is -2.23. The second-order valence-corrected chi connectivity index (χ2v) is 22.6. The van der Waals surface area contributed by atoms with Crippen LogP contribution in [0.3, 0.4) is 0 Å². The topological polar surface area (TPSA) is 291 Å². The van der Waals surface area contributed by atoms with Gasteiger partial charge in [-0.15, -0.1) is 5.10 Å². The third-order valence-corrected chi connectivity index (χ3v) is 15.4. The molecule has 6 heterocycles. The van der Waals surface area contributed by atoms with E-state index in [1.807, 2.05) is 90.0 Å². The van der Waals surface area contributed by atoms with Crippen molar-refractivity contribution in [2.24, 2.45) is 17.8 Å². The van der Waals surface area contributed by atoms with E-state index in [2.05, 4.69) is 26.3 Å². The number of imide groups is 1. The summed E-state index contributed by atoms with van der Waals surface area (Å²) in [5, 5.41) is 28.1. The number of nitrogens with zero attached hydrogens (tertiary/aromatic N) is 6. The maximum atomic E-state index is 14.1. The van der Waals surface area contributed by atoms with E-state index >= 15 is 0 Å². The molecule has 2 atom stereocenters. The van der Waals surface area contributed by atoms with Crippen LogP contribution in [0.15, 0.2) is 35.3 Å². The fourth-order valence-corrected chi connectivity index (χ4v) is 10.9. The van der Waals surface area contributed by atoms with Crippen LogP contribution < -0.4 is 21.5 Å². The van der Waals surface area contributed by atoms with Crippen molar-refractivity contribution in [3.05, 3.63) is 68.8 Å². The SMILES string of the molecule is CC.CC.CC.CC.CCc1c2c(nc3ccc(O)cc13)-c1cc3c(c(=O)n1C2)COC(=O)C3(CC)OC(=O)OCC(NC(=O)COCC(=O)NC(C)(C)CCOC(C)(C)Cn1cc(CNC(=O)C2CCC(CN3C(=O)CCC3=O)CC2)nn1)C(C)C. The number of fused-ring (bicyclic) bond motifs is 5. The number of amides is 5. The lowest BCUT2D eigenvalue weighted by Gasteiger charge is -2.35. The van der Waals surface area contributed by atoms with E-state index in [0.29, 0.717) is 61.4 Å². The van der Waals surface area contributed by atoms with E-state index in [9.17, 15) is 43.5 Å². The lowest BCUT2D eigenvalue weighted by Crippen LogP contribution is -2.48. The summed E-state index contributed by atoms with van der Waals surface area (Å²) >= 11 is 0. The summed E-state index contributed by atoms with van der Waals surface area (Å²) in [5.41, 5.74) is 0.472. The van der Waals surface area contributed by atoms with Crippen molar-refractivity contribution < 1.29 is 62.4 Å². The molecule has 2 fully saturated rings. The Labute approximate surface area is 512 Å². The standard InChI is InChI=1S/C56H73N9O14.4C2H6/c1-9-37-38-21-36(66)15-16-42(38)59-49-39(37)26-64-44(49)22-41-40(51(64)72)27-76-52(73)56(41,10-2)79-53(74)77-28-43(32(3)4)58-45(67)29-75-30-46(68)60-54(5,6)19-20-78-55(7,8)31-63-25-35(61-62-63)23-57-50(71)34-13-11-33(12-14-34)24-65-47(69)17-18-48(65)70;4*1-2/h15-16,21-22,25,32-34,43,66H,9-14,17-20,23-24,26-31H2,1-8H3,(H,57,71)(H,58,67)(H,60,68);4*1-2H3. The number of ether oxygens (including phenoxy) is 5. The fourth-order valence-electron chi connectivity index (χ4n) is 10.9. The van der Waals surface area contributed by atoms with Gasteiger partial charge < -0.3 is 49.3 Å². The number of aryl methyl sites for hydroxylation is 1. The van der Waals surface area contributed by atoms with Crippen molar-refractivity contribution in [3.63, 3.8) is 0 Å². The minimum Gasteiger partial charge on any atom is -0.508 e. The highest BCUT2D eigenvalue weighted by Crippen LogP contribution is 2.43. The molecule has 0 spiro atoms. The summed E-state index contributed by atoms with van der Waals surface area (Å²) in [6.07, 6.45) is 5.01. The number of carbonyl (C=O) groups is 7. The highest BCUT2D eigenvalue weighted by atomic mass is 16.7. The van der Waals surface area contributed by atoms with Crippen LogP contribution in [0.25, 0.3) is 22.3 Å². The lowest BCUT2D eigenvalue weighted by atomic mass is 9.81. The van der Waals surface area contributed by atoms with Crippen LogP contribution in [-0.2, 0) is 90.7 Å². The molecule has 482 valence electrons. The number of hydrogen-bond acceptors (Lipinski definition) is 17. The number of benzene rings is 1. The molecule has 4 aromatic rings. The molecule has 1 aliphatic carbocycles. The first kappa shape index (κ1) is 72.2. The highest BCUT2D eigenvalue weighted by molar-refractivity contribution is 6.02. The lowest BCUT2D eigenvalue weighted by molar-refractivity contribution is -0.175. The third kappa shape index (κ3) is 18.4. The number of likely N-dealkylation sites (tertiary alicyclic amines) is 1. The van der Waals surface area contributed by atoms with Crippen molar-refractivity contribution >= 4 is 52.6 Å². The van der Waals surface area contributed by atoms with Gasteiger partial charge in [0.2, 0.25) is 35.1 Å². The molecule has 1 saturated carbocycles. The fraction of sp³-hybridized carbons (Fsp3) is 0.641. The monoisotopic (exact) mass is 1220 g/mol. The minimum atomic E-state index is -2.03. The van der Waals surface area contributed by atoms with Gasteiger partial charge in [-0.3, -0.25) is 33.7 Å². The first-order valence-corrected chi connectivity index (χ1v) is 31.3. The predicted octanol–water partition coefficient (Wildman–Crippen LogP) is 8.71. The molecule has 23 heteroatoms. The molecule has 2 unspecified atom stereocenters. The molecule has 0 radical (unpaired) electrons. The van der Waals surface area contributed by atoms with E-state index in [0.717, 1.165) is 29.4 Å². The van der Waals surface area contributed by atoms with Gasteiger partial charge in [0, 0.05) is 54.0 Å². The van der Waals surface area contributed by atoms with Crippen molar-refractivity contribution in [2.45, 2.75) is 218 Å². The summed E-state index contributed by atoms with van der Waals surface area (Å²) in [6.45, 7) is 30.7. The Kier molecular flexibility index (Phi) is 27.5. The van der Waals surface area contributed by atoms with Gasteiger partial charge in [-0.2, -0.15) is 0 Å². The Morgan fingerprint density at radius 3 is 2.16 bits per heavy atom. The van der Waals surface area contributed by atoms with Crippen LogP contribution in [0, 0.1) is 17.8 Å². The Bertz CT molecular complexity index is 3050. The Hall–Kier alpha value is -7.27. The second-order valence-electron chi connectivity index (χ2n) is 22.6. The number of phenolic OH excluding ortho intramolecular Hbond substituents is 1. The zero-order chi connectivity index (χ0) is 65.0. The van der Waals surface area contributed by atoms with Crippen LogP contribution in [0.1, 0.15) is 190 Å². The summed E-state index contributed by atoms with van der Waals surface area (Å²) in [4.78, 5) is 111. The Morgan fingerprint density at radius 2 is 1.53 bits per heavy atom. The van der Waals surface area contributed by atoms with Crippen LogP contribution >= 0.6 is 0 Å². The highest BCUT2D eigenvalue weighted by Gasteiger charge is 2.51.